The van der Waals surface area contributed by atoms with Gasteiger partial charge in [0.05, 0.1) is 11.9 Å². The average Bonchev–Trinajstić information content (AvgIpc) is 2.71. The molecule has 2 aromatic rings. The third kappa shape index (κ3) is 1.55. The monoisotopic (exact) mass is 222 g/mol. The van der Waals surface area contributed by atoms with Crippen molar-refractivity contribution in [3.8, 4) is 11.3 Å². The fourth-order valence-corrected chi connectivity index (χ4v) is 2.35. The molecule has 5 heteroatoms. The zero-order valence-electron chi connectivity index (χ0n) is 8.39. The molecule has 4 nitrogen and oxygen atoms in total. The summed E-state index contributed by atoms with van der Waals surface area (Å²) in [5.74, 6) is -0.941. The summed E-state index contributed by atoms with van der Waals surface area (Å²) in [4.78, 5) is 11.0. The van der Waals surface area contributed by atoms with Crippen LogP contribution in [0.5, 0.6) is 0 Å². The molecule has 78 valence electrons. The number of aryl methyl sites for hydroxylation is 2. The summed E-state index contributed by atoms with van der Waals surface area (Å²) in [6.07, 6.45) is 1.38. The fraction of sp³-hybridized carbons (Fsp3) is 0.200. The maximum absolute atomic E-state index is 11.0. The average molecular weight is 222 g/mol. The van der Waals surface area contributed by atoms with Gasteiger partial charge < -0.3 is 5.11 Å². The molecule has 0 unspecified atom stereocenters. The lowest BCUT2D eigenvalue weighted by atomic mass is 10.1. The van der Waals surface area contributed by atoms with Gasteiger partial charge in [-0.05, 0) is 17.9 Å². The summed E-state index contributed by atoms with van der Waals surface area (Å²) in [5, 5.41) is 16.9. The van der Waals surface area contributed by atoms with Crippen LogP contribution in [0.2, 0.25) is 0 Å². The number of carboxylic acids is 1. The van der Waals surface area contributed by atoms with Crippen molar-refractivity contribution in [3.63, 3.8) is 0 Å². The number of hydrogen-bond donors (Lipinski definition) is 1. The first-order valence-corrected chi connectivity index (χ1v) is 5.34. The van der Waals surface area contributed by atoms with Gasteiger partial charge >= 0.3 is 5.97 Å². The van der Waals surface area contributed by atoms with Gasteiger partial charge in [-0.25, -0.2) is 4.79 Å². The molecular formula is C10H10N2O2S. The van der Waals surface area contributed by atoms with Crippen molar-refractivity contribution in [1.82, 2.24) is 9.78 Å². The normalized spacial score (nSPS) is 10.5. The number of nitrogens with zero attached hydrogens (tertiary/aromatic N) is 2. The van der Waals surface area contributed by atoms with Gasteiger partial charge in [-0.15, -0.1) is 0 Å². The molecule has 0 saturated heterocycles. The van der Waals surface area contributed by atoms with Crippen molar-refractivity contribution < 1.29 is 9.90 Å². The second kappa shape index (κ2) is 3.51. The van der Waals surface area contributed by atoms with Gasteiger partial charge in [-0.3, -0.25) is 4.68 Å². The largest absolute Gasteiger partial charge is 0.478 e. The lowest BCUT2D eigenvalue weighted by molar-refractivity contribution is 0.0697. The number of aromatic carboxylic acids is 1. The summed E-state index contributed by atoms with van der Waals surface area (Å²) in [6, 6.07) is 0. The molecule has 2 rings (SSSR count). The van der Waals surface area contributed by atoms with E-state index in [2.05, 4.69) is 5.10 Å². The standard InChI is InChI=1S/C10H10N2O2S/c1-6-4-15-5-8(6)9-7(10(13)14)3-11-12(9)2/h3-5H,1-2H3,(H,13,14). The summed E-state index contributed by atoms with van der Waals surface area (Å²) < 4.78 is 1.60. The van der Waals surface area contributed by atoms with Crippen LogP contribution in [-0.4, -0.2) is 20.9 Å². The Bertz CT molecular complexity index is 513. The van der Waals surface area contributed by atoms with Crippen molar-refractivity contribution in [1.29, 1.82) is 0 Å². The van der Waals surface area contributed by atoms with E-state index in [9.17, 15) is 4.79 Å². The van der Waals surface area contributed by atoms with E-state index < -0.39 is 5.97 Å². The van der Waals surface area contributed by atoms with Gasteiger partial charge in [0.25, 0.3) is 0 Å². The van der Waals surface area contributed by atoms with Crippen LogP contribution in [0.1, 0.15) is 15.9 Å². The first kappa shape index (κ1) is 9.92. The maximum Gasteiger partial charge on any atom is 0.339 e. The molecule has 0 saturated carbocycles. The van der Waals surface area contributed by atoms with Crippen LogP contribution in [0.15, 0.2) is 17.0 Å². The van der Waals surface area contributed by atoms with Crippen LogP contribution in [0.4, 0.5) is 0 Å². The highest BCUT2D eigenvalue weighted by atomic mass is 32.1. The Hall–Kier alpha value is -1.62. The predicted molar refractivity (Wildman–Crippen MR) is 58.2 cm³/mol. The topological polar surface area (TPSA) is 55.1 Å². The van der Waals surface area contributed by atoms with Crippen LogP contribution in [0.25, 0.3) is 11.3 Å². The van der Waals surface area contributed by atoms with Crippen molar-refractivity contribution in [2.45, 2.75) is 6.92 Å². The van der Waals surface area contributed by atoms with Crippen LogP contribution in [-0.2, 0) is 7.05 Å². The number of rotatable bonds is 2. The maximum atomic E-state index is 11.0. The van der Waals surface area contributed by atoms with E-state index in [1.54, 1.807) is 23.1 Å². The minimum Gasteiger partial charge on any atom is -0.478 e. The minimum absolute atomic E-state index is 0.249. The summed E-state index contributed by atoms with van der Waals surface area (Å²) in [6.45, 7) is 1.96. The zero-order chi connectivity index (χ0) is 11.0. The zero-order valence-corrected chi connectivity index (χ0v) is 9.21. The highest BCUT2D eigenvalue weighted by Crippen LogP contribution is 2.29. The molecule has 15 heavy (non-hydrogen) atoms. The summed E-state index contributed by atoms with van der Waals surface area (Å²) in [7, 11) is 1.75. The smallest absolute Gasteiger partial charge is 0.339 e. The molecule has 2 heterocycles. The van der Waals surface area contributed by atoms with Crippen molar-refractivity contribution in [3.05, 3.63) is 28.1 Å². The molecule has 0 aromatic carbocycles. The van der Waals surface area contributed by atoms with E-state index in [0.717, 1.165) is 11.1 Å². The molecule has 0 fully saturated rings. The molecule has 0 radical (unpaired) electrons. The molecule has 1 N–H and O–H groups in total. The predicted octanol–water partition coefficient (Wildman–Crippen LogP) is 2.16. The van der Waals surface area contributed by atoms with Gasteiger partial charge in [-0.1, -0.05) is 0 Å². The first-order valence-electron chi connectivity index (χ1n) is 4.39. The quantitative estimate of drug-likeness (QED) is 0.847. The van der Waals surface area contributed by atoms with Crippen LogP contribution in [0.3, 0.4) is 0 Å². The number of hydrogen-bond acceptors (Lipinski definition) is 3. The first-order chi connectivity index (χ1) is 7.11. The van der Waals surface area contributed by atoms with Crippen molar-refractivity contribution in [2.75, 3.05) is 0 Å². The number of carbonyl (C=O) groups is 1. The Morgan fingerprint density at radius 1 is 1.53 bits per heavy atom. The second-order valence-corrected chi connectivity index (χ2v) is 4.05. The second-order valence-electron chi connectivity index (χ2n) is 3.30. The minimum atomic E-state index is -0.941. The molecule has 0 bridgehead atoms. The Kier molecular flexibility index (Phi) is 2.32. The highest BCUT2D eigenvalue weighted by molar-refractivity contribution is 7.08. The Morgan fingerprint density at radius 2 is 2.27 bits per heavy atom. The molecular weight excluding hydrogens is 212 g/mol. The van der Waals surface area contributed by atoms with E-state index in [0.29, 0.717) is 5.69 Å². The molecule has 0 amide bonds. The molecule has 0 atom stereocenters. The SMILES string of the molecule is Cc1cscc1-c1c(C(=O)O)cnn1C. The van der Waals surface area contributed by atoms with E-state index in [1.807, 2.05) is 17.7 Å². The van der Waals surface area contributed by atoms with Crippen LogP contribution >= 0.6 is 11.3 Å². The Labute approximate surface area is 90.8 Å². The van der Waals surface area contributed by atoms with Crippen LogP contribution < -0.4 is 0 Å². The lowest BCUT2D eigenvalue weighted by Gasteiger charge is -2.02. The van der Waals surface area contributed by atoms with Crippen molar-refractivity contribution >= 4 is 17.3 Å². The number of carboxylic acid groups (broad SMARTS) is 1. The van der Waals surface area contributed by atoms with Gasteiger partial charge in [0.2, 0.25) is 0 Å². The molecule has 0 aliphatic rings. The van der Waals surface area contributed by atoms with Gasteiger partial charge in [0, 0.05) is 18.0 Å². The van der Waals surface area contributed by atoms with E-state index in [4.69, 9.17) is 5.11 Å². The van der Waals surface area contributed by atoms with Crippen molar-refractivity contribution in [2.24, 2.45) is 7.05 Å². The van der Waals surface area contributed by atoms with E-state index in [-0.39, 0.29) is 5.56 Å². The molecule has 2 aromatic heterocycles. The number of thiophene rings is 1. The lowest BCUT2D eigenvalue weighted by Crippen LogP contribution is -2.00. The molecule has 0 aliphatic heterocycles. The summed E-state index contributed by atoms with van der Waals surface area (Å²) >= 11 is 1.56. The van der Waals surface area contributed by atoms with Gasteiger partial charge in [0.15, 0.2) is 0 Å². The Morgan fingerprint density at radius 3 is 2.80 bits per heavy atom. The van der Waals surface area contributed by atoms with E-state index >= 15 is 0 Å². The number of aromatic nitrogens is 2. The third-order valence-electron chi connectivity index (χ3n) is 2.28. The van der Waals surface area contributed by atoms with Gasteiger partial charge in [-0.2, -0.15) is 16.4 Å². The van der Waals surface area contributed by atoms with Gasteiger partial charge in [0.1, 0.15) is 5.56 Å². The molecule has 0 spiro atoms. The Balaban J connectivity index is 2.66. The fourth-order valence-electron chi connectivity index (χ4n) is 1.52. The van der Waals surface area contributed by atoms with Crippen LogP contribution in [0, 0.1) is 6.92 Å². The molecule has 0 aliphatic carbocycles. The van der Waals surface area contributed by atoms with E-state index in [1.165, 1.54) is 6.20 Å². The third-order valence-corrected chi connectivity index (χ3v) is 3.14. The highest BCUT2D eigenvalue weighted by Gasteiger charge is 2.18. The summed E-state index contributed by atoms with van der Waals surface area (Å²) in [5.41, 5.74) is 2.93.